The molecule has 9 heteroatoms. The SMILES string of the molecule is CCCOCCNC(=O)CCC(NC(=O)CCCCCCCCCCCCCCCCC(=O)O)C(O)O. The van der Waals surface area contributed by atoms with E-state index in [1.54, 1.807) is 0 Å². The third-order valence-electron chi connectivity index (χ3n) is 6.35. The highest BCUT2D eigenvalue weighted by atomic mass is 16.5. The van der Waals surface area contributed by atoms with Crippen LogP contribution in [0.3, 0.4) is 0 Å². The molecule has 1 unspecified atom stereocenters. The van der Waals surface area contributed by atoms with E-state index < -0.39 is 18.3 Å². The van der Waals surface area contributed by atoms with Crippen molar-refractivity contribution in [2.75, 3.05) is 19.8 Å². The van der Waals surface area contributed by atoms with Crippen molar-refractivity contribution >= 4 is 17.8 Å². The summed E-state index contributed by atoms with van der Waals surface area (Å²) in [6.45, 7) is 3.53. The van der Waals surface area contributed by atoms with Crippen LogP contribution in [-0.2, 0) is 19.1 Å². The van der Waals surface area contributed by atoms with Crippen molar-refractivity contribution in [2.24, 2.45) is 0 Å². The highest BCUT2D eigenvalue weighted by molar-refractivity contribution is 5.77. The second kappa shape index (κ2) is 25.9. The standard InChI is InChI=1S/C28H54N2O7/c1-2-22-37-23-21-29-25(31)20-19-24(28(35)36)30-26(32)17-15-13-11-9-7-5-3-4-6-8-10-12-14-16-18-27(33)34/h24,28,35-36H,2-23H2,1H3,(H,29,31)(H,30,32)(H,33,34). The van der Waals surface area contributed by atoms with Crippen molar-refractivity contribution in [2.45, 2.75) is 141 Å². The first kappa shape index (κ1) is 35.3. The van der Waals surface area contributed by atoms with Gasteiger partial charge in [0.05, 0.1) is 12.6 Å². The topological polar surface area (TPSA) is 145 Å². The molecule has 0 fully saturated rings. The van der Waals surface area contributed by atoms with Crippen molar-refractivity contribution in [3.63, 3.8) is 0 Å². The molecule has 0 aromatic heterocycles. The highest BCUT2D eigenvalue weighted by Crippen LogP contribution is 2.14. The number of carbonyl (C=O) groups excluding carboxylic acids is 2. The number of carboxylic acids is 1. The number of aliphatic carboxylic acids is 1. The van der Waals surface area contributed by atoms with E-state index in [9.17, 15) is 24.6 Å². The third kappa shape index (κ3) is 25.7. The van der Waals surface area contributed by atoms with Gasteiger partial charge in [-0.25, -0.2) is 0 Å². The molecule has 37 heavy (non-hydrogen) atoms. The van der Waals surface area contributed by atoms with Crippen molar-refractivity contribution in [3.8, 4) is 0 Å². The zero-order valence-electron chi connectivity index (χ0n) is 23.2. The number of hydrogen-bond donors (Lipinski definition) is 5. The number of aliphatic hydroxyl groups is 2. The minimum Gasteiger partial charge on any atom is -0.481 e. The van der Waals surface area contributed by atoms with Crippen LogP contribution in [-0.4, -0.2) is 65.2 Å². The Balaban J connectivity index is 3.61. The van der Waals surface area contributed by atoms with Crippen LogP contribution in [0.5, 0.6) is 0 Å². The van der Waals surface area contributed by atoms with Gasteiger partial charge in [-0.15, -0.1) is 0 Å². The summed E-state index contributed by atoms with van der Waals surface area (Å²) in [4.78, 5) is 34.5. The molecule has 0 aliphatic heterocycles. The summed E-state index contributed by atoms with van der Waals surface area (Å²) in [6.07, 6.45) is 15.8. The van der Waals surface area contributed by atoms with Crippen LogP contribution in [0.15, 0.2) is 0 Å². The number of unbranched alkanes of at least 4 members (excludes halogenated alkanes) is 13. The monoisotopic (exact) mass is 530 g/mol. The minimum absolute atomic E-state index is 0.102. The minimum atomic E-state index is -1.70. The Bertz CT molecular complexity index is 573. The number of carboxylic acid groups (broad SMARTS) is 1. The first-order valence-electron chi connectivity index (χ1n) is 14.6. The lowest BCUT2D eigenvalue weighted by molar-refractivity contribution is -0.137. The van der Waals surface area contributed by atoms with Crippen LogP contribution in [0.2, 0.25) is 0 Å². The van der Waals surface area contributed by atoms with Crippen molar-refractivity contribution in [3.05, 3.63) is 0 Å². The van der Waals surface area contributed by atoms with E-state index in [4.69, 9.17) is 9.84 Å². The lowest BCUT2D eigenvalue weighted by atomic mass is 10.0. The zero-order chi connectivity index (χ0) is 27.6. The van der Waals surface area contributed by atoms with Gasteiger partial charge in [-0.1, -0.05) is 84.0 Å². The predicted molar refractivity (Wildman–Crippen MR) is 145 cm³/mol. The van der Waals surface area contributed by atoms with E-state index in [2.05, 4.69) is 10.6 Å². The number of hydrogen-bond acceptors (Lipinski definition) is 6. The van der Waals surface area contributed by atoms with E-state index in [1.807, 2.05) is 6.92 Å². The summed E-state index contributed by atoms with van der Waals surface area (Å²) >= 11 is 0. The molecule has 0 spiro atoms. The molecule has 1 atom stereocenters. The van der Waals surface area contributed by atoms with Gasteiger partial charge < -0.3 is 30.7 Å². The van der Waals surface area contributed by atoms with Crippen LogP contribution in [0.1, 0.15) is 129 Å². The molecular weight excluding hydrogens is 476 g/mol. The van der Waals surface area contributed by atoms with E-state index in [0.29, 0.717) is 32.6 Å². The smallest absolute Gasteiger partial charge is 0.303 e. The summed E-state index contributed by atoms with van der Waals surface area (Å²) in [7, 11) is 0. The molecule has 0 heterocycles. The second-order valence-electron chi connectivity index (χ2n) is 9.93. The molecule has 0 aromatic rings. The average Bonchev–Trinajstić information content (AvgIpc) is 2.85. The lowest BCUT2D eigenvalue weighted by Gasteiger charge is -2.20. The fourth-order valence-electron chi connectivity index (χ4n) is 4.14. The molecule has 0 saturated carbocycles. The Hall–Kier alpha value is -1.71. The molecule has 9 nitrogen and oxygen atoms in total. The van der Waals surface area contributed by atoms with Gasteiger partial charge in [0.2, 0.25) is 11.8 Å². The van der Waals surface area contributed by atoms with Crippen LogP contribution >= 0.6 is 0 Å². The Morgan fingerprint density at radius 3 is 1.62 bits per heavy atom. The summed E-state index contributed by atoms with van der Waals surface area (Å²) in [5, 5.41) is 33.0. The lowest BCUT2D eigenvalue weighted by Crippen LogP contribution is -2.44. The van der Waals surface area contributed by atoms with Gasteiger partial charge in [0, 0.05) is 32.4 Å². The Morgan fingerprint density at radius 2 is 1.16 bits per heavy atom. The number of ether oxygens (including phenoxy) is 1. The van der Waals surface area contributed by atoms with Gasteiger partial charge in [-0.05, 0) is 25.7 Å². The van der Waals surface area contributed by atoms with Gasteiger partial charge in [-0.3, -0.25) is 14.4 Å². The number of rotatable bonds is 27. The first-order valence-corrected chi connectivity index (χ1v) is 14.6. The van der Waals surface area contributed by atoms with Crippen molar-refractivity contribution in [1.82, 2.24) is 10.6 Å². The Morgan fingerprint density at radius 1 is 0.676 bits per heavy atom. The van der Waals surface area contributed by atoms with E-state index in [0.717, 1.165) is 44.9 Å². The Kier molecular flexibility index (Phi) is 24.7. The summed E-state index contributed by atoms with van der Waals surface area (Å²) in [5.74, 6) is -1.12. The van der Waals surface area contributed by atoms with Crippen molar-refractivity contribution in [1.29, 1.82) is 0 Å². The second-order valence-corrected chi connectivity index (χ2v) is 9.93. The third-order valence-corrected chi connectivity index (χ3v) is 6.35. The van der Waals surface area contributed by atoms with Gasteiger partial charge in [0.1, 0.15) is 0 Å². The maximum atomic E-state index is 12.2. The number of amides is 2. The molecule has 0 aliphatic carbocycles. The number of aliphatic hydroxyl groups excluding tert-OH is 1. The number of nitrogens with one attached hydrogen (secondary N) is 2. The predicted octanol–water partition coefficient (Wildman–Crippen LogP) is 4.43. The largest absolute Gasteiger partial charge is 0.481 e. The molecule has 2 amide bonds. The van der Waals surface area contributed by atoms with E-state index in [-0.39, 0.29) is 24.7 Å². The molecule has 0 aliphatic rings. The first-order chi connectivity index (χ1) is 17.9. The molecule has 0 saturated heterocycles. The molecule has 0 bridgehead atoms. The van der Waals surface area contributed by atoms with Crippen LogP contribution in [0.25, 0.3) is 0 Å². The molecule has 0 aromatic carbocycles. The Labute approximate surface area is 224 Å². The van der Waals surface area contributed by atoms with Crippen molar-refractivity contribution < 1.29 is 34.4 Å². The van der Waals surface area contributed by atoms with Gasteiger partial charge in [-0.2, -0.15) is 0 Å². The fraction of sp³-hybridized carbons (Fsp3) is 0.893. The van der Waals surface area contributed by atoms with Gasteiger partial charge >= 0.3 is 5.97 Å². The molecule has 0 radical (unpaired) electrons. The fourth-order valence-corrected chi connectivity index (χ4v) is 4.14. The normalized spacial score (nSPS) is 12.0. The van der Waals surface area contributed by atoms with E-state index >= 15 is 0 Å². The average molecular weight is 531 g/mol. The highest BCUT2D eigenvalue weighted by Gasteiger charge is 2.20. The maximum Gasteiger partial charge on any atom is 0.303 e. The van der Waals surface area contributed by atoms with Crippen LogP contribution in [0, 0.1) is 0 Å². The van der Waals surface area contributed by atoms with Crippen LogP contribution in [0.4, 0.5) is 0 Å². The summed E-state index contributed by atoms with van der Waals surface area (Å²) in [5.41, 5.74) is 0. The molecule has 0 rings (SSSR count). The molecular formula is C28H54N2O7. The van der Waals surface area contributed by atoms with Gasteiger partial charge in [0.25, 0.3) is 0 Å². The number of carbonyl (C=O) groups is 3. The molecule has 218 valence electrons. The quantitative estimate of drug-likeness (QED) is 0.0780. The maximum absolute atomic E-state index is 12.2. The van der Waals surface area contributed by atoms with E-state index in [1.165, 1.54) is 51.4 Å². The molecule has 5 N–H and O–H groups in total. The zero-order valence-corrected chi connectivity index (χ0v) is 23.2. The van der Waals surface area contributed by atoms with Gasteiger partial charge in [0.15, 0.2) is 6.29 Å². The summed E-state index contributed by atoms with van der Waals surface area (Å²) < 4.78 is 5.30. The van der Waals surface area contributed by atoms with Crippen LogP contribution < -0.4 is 10.6 Å². The summed E-state index contributed by atoms with van der Waals surface area (Å²) in [6, 6.07) is -0.855.